The lowest BCUT2D eigenvalue weighted by molar-refractivity contribution is -0.152. The van der Waals surface area contributed by atoms with E-state index < -0.39 is 5.38 Å². The van der Waals surface area contributed by atoms with Gasteiger partial charge in [0.2, 0.25) is 5.91 Å². The van der Waals surface area contributed by atoms with Crippen LogP contribution in [-0.4, -0.2) is 28.5 Å². The fourth-order valence-electron chi connectivity index (χ4n) is 4.06. The van der Waals surface area contributed by atoms with E-state index >= 15 is 0 Å². The van der Waals surface area contributed by atoms with Crippen LogP contribution in [0.25, 0.3) is 0 Å². The molecule has 0 radical (unpaired) electrons. The Bertz CT molecular complexity index is 540. The van der Waals surface area contributed by atoms with Crippen molar-refractivity contribution in [2.45, 2.75) is 70.2 Å². The molecule has 1 heterocycles. The zero-order valence-electron chi connectivity index (χ0n) is 14.0. The molecule has 2 aliphatic rings. The Morgan fingerprint density at radius 2 is 1.87 bits per heavy atom. The van der Waals surface area contributed by atoms with Crippen LogP contribution in [0.2, 0.25) is 0 Å². The van der Waals surface area contributed by atoms with Crippen molar-refractivity contribution in [1.29, 1.82) is 0 Å². The van der Waals surface area contributed by atoms with E-state index in [1.54, 1.807) is 0 Å². The predicted molar refractivity (Wildman–Crippen MR) is 92.2 cm³/mol. The molecule has 1 saturated heterocycles. The van der Waals surface area contributed by atoms with Crippen molar-refractivity contribution in [3.63, 3.8) is 0 Å². The van der Waals surface area contributed by atoms with Crippen LogP contribution in [0, 0.1) is 5.41 Å². The van der Waals surface area contributed by atoms with Gasteiger partial charge in [0.25, 0.3) is 0 Å². The summed E-state index contributed by atoms with van der Waals surface area (Å²) in [4.78, 5) is 14.8. The van der Waals surface area contributed by atoms with E-state index in [9.17, 15) is 4.79 Å². The molecule has 0 aromatic heterocycles. The zero-order valence-corrected chi connectivity index (χ0v) is 14.8. The molecule has 1 amide bonds. The number of amides is 1. The van der Waals surface area contributed by atoms with Crippen molar-refractivity contribution in [2.24, 2.45) is 5.41 Å². The highest BCUT2D eigenvalue weighted by Crippen LogP contribution is 2.52. The summed E-state index contributed by atoms with van der Waals surface area (Å²) in [7, 11) is 0. The lowest BCUT2D eigenvalue weighted by Crippen LogP contribution is -2.46. The van der Waals surface area contributed by atoms with Crippen molar-refractivity contribution in [2.75, 3.05) is 0 Å². The second-order valence-electron chi connectivity index (χ2n) is 7.15. The quantitative estimate of drug-likeness (QED) is 0.766. The first-order valence-corrected chi connectivity index (χ1v) is 9.12. The molecule has 1 aromatic carbocycles. The molecule has 3 rings (SSSR count). The third-order valence-corrected chi connectivity index (χ3v) is 5.78. The molecule has 4 heteroatoms. The Morgan fingerprint density at radius 1 is 1.22 bits per heavy atom. The molecule has 2 atom stereocenters. The standard InChI is InChI=1S/C19H26ClNO2/c1-14(2)23-18-19(11-7-4-8-12-19)16(20)17(22)21(18)13-15-9-5-3-6-10-15/h3,5-6,9-10,14,16,18H,4,7-8,11-13H2,1-2H3. The first-order valence-electron chi connectivity index (χ1n) is 8.68. The number of rotatable bonds is 4. The predicted octanol–water partition coefficient (Wildman–Crippen LogP) is 4.34. The fraction of sp³-hybridized carbons (Fsp3) is 0.632. The van der Waals surface area contributed by atoms with Gasteiger partial charge >= 0.3 is 0 Å². The fourth-order valence-corrected chi connectivity index (χ4v) is 4.51. The van der Waals surface area contributed by atoms with Crippen molar-refractivity contribution >= 4 is 17.5 Å². The molecule has 1 aliphatic heterocycles. The van der Waals surface area contributed by atoms with Crippen molar-refractivity contribution in [3.8, 4) is 0 Å². The van der Waals surface area contributed by atoms with Crippen molar-refractivity contribution in [3.05, 3.63) is 35.9 Å². The number of halogens is 1. The highest BCUT2D eigenvalue weighted by Gasteiger charge is 2.59. The maximum atomic E-state index is 12.9. The van der Waals surface area contributed by atoms with Crippen LogP contribution in [-0.2, 0) is 16.1 Å². The van der Waals surface area contributed by atoms with E-state index in [2.05, 4.69) is 12.1 Å². The summed E-state index contributed by atoms with van der Waals surface area (Å²) in [6, 6.07) is 10.1. The van der Waals surface area contributed by atoms with Gasteiger partial charge in [0, 0.05) is 12.0 Å². The molecule has 1 saturated carbocycles. The number of ether oxygens (including phenoxy) is 1. The summed E-state index contributed by atoms with van der Waals surface area (Å²) < 4.78 is 6.25. The maximum Gasteiger partial charge on any atom is 0.243 e. The summed E-state index contributed by atoms with van der Waals surface area (Å²) in [5.41, 5.74) is 0.894. The molecule has 1 aromatic rings. The van der Waals surface area contributed by atoms with Gasteiger partial charge in [-0.25, -0.2) is 0 Å². The van der Waals surface area contributed by atoms with Crippen molar-refractivity contribution in [1.82, 2.24) is 4.90 Å². The van der Waals surface area contributed by atoms with E-state index in [0.717, 1.165) is 31.2 Å². The molecular formula is C19H26ClNO2. The van der Waals surface area contributed by atoms with Gasteiger partial charge in [-0.3, -0.25) is 4.79 Å². The Balaban J connectivity index is 1.91. The van der Waals surface area contributed by atoms with E-state index in [0.29, 0.717) is 6.54 Å². The van der Waals surface area contributed by atoms with E-state index in [4.69, 9.17) is 16.3 Å². The molecule has 3 nitrogen and oxygen atoms in total. The summed E-state index contributed by atoms with van der Waals surface area (Å²) in [5, 5.41) is -0.463. The summed E-state index contributed by atoms with van der Waals surface area (Å²) in [6.45, 7) is 4.63. The number of likely N-dealkylation sites (tertiary alicyclic amines) is 1. The number of hydrogen-bond acceptors (Lipinski definition) is 2. The highest BCUT2D eigenvalue weighted by atomic mass is 35.5. The number of benzene rings is 1. The van der Waals surface area contributed by atoms with Gasteiger partial charge in [-0.05, 0) is 32.3 Å². The molecule has 23 heavy (non-hydrogen) atoms. The Morgan fingerprint density at radius 3 is 2.48 bits per heavy atom. The van der Waals surface area contributed by atoms with Gasteiger partial charge in [-0.15, -0.1) is 11.6 Å². The molecule has 0 bridgehead atoms. The minimum absolute atomic E-state index is 0.0306. The van der Waals surface area contributed by atoms with Gasteiger partial charge in [-0.1, -0.05) is 49.6 Å². The van der Waals surface area contributed by atoms with E-state index in [-0.39, 0.29) is 23.7 Å². The maximum absolute atomic E-state index is 12.9. The van der Waals surface area contributed by atoms with Crippen LogP contribution in [0.15, 0.2) is 30.3 Å². The minimum Gasteiger partial charge on any atom is -0.355 e. The lowest BCUT2D eigenvalue weighted by Gasteiger charge is -2.41. The number of carbonyl (C=O) groups is 1. The normalized spacial score (nSPS) is 27.1. The van der Waals surface area contributed by atoms with Crippen LogP contribution in [0.1, 0.15) is 51.5 Å². The summed E-state index contributed by atoms with van der Waals surface area (Å²) >= 11 is 6.67. The number of carbonyl (C=O) groups excluding carboxylic acids is 1. The smallest absolute Gasteiger partial charge is 0.243 e. The first kappa shape index (κ1) is 16.8. The van der Waals surface area contributed by atoms with Crippen LogP contribution >= 0.6 is 11.6 Å². The van der Waals surface area contributed by atoms with Gasteiger partial charge in [-0.2, -0.15) is 0 Å². The topological polar surface area (TPSA) is 29.5 Å². The molecule has 2 unspecified atom stereocenters. The minimum atomic E-state index is -0.463. The van der Waals surface area contributed by atoms with Crippen LogP contribution in [0.3, 0.4) is 0 Å². The molecule has 2 fully saturated rings. The number of alkyl halides is 1. The van der Waals surface area contributed by atoms with E-state index in [1.165, 1.54) is 6.42 Å². The van der Waals surface area contributed by atoms with Gasteiger partial charge < -0.3 is 9.64 Å². The molecule has 1 aliphatic carbocycles. The highest BCUT2D eigenvalue weighted by molar-refractivity contribution is 6.32. The van der Waals surface area contributed by atoms with Crippen molar-refractivity contribution < 1.29 is 9.53 Å². The molecular weight excluding hydrogens is 310 g/mol. The second kappa shape index (κ2) is 6.82. The number of nitrogens with zero attached hydrogens (tertiary/aromatic N) is 1. The van der Waals surface area contributed by atoms with Crippen LogP contribution in [0.4, 0.5) is 0 Å². The van der Waals surface area contributed by atoms with Crippen LogP contribution in [0.5, 0.6) is 0 Å². The second-order valence-corrected chi connectivity index (χ2v) is 7.58. The largest absolute Gasteiger partial charge is 0.355 e. The lowest BCUT2D eigenvalue weighted by atomic mass is 9.72. The molecule has 126 valence electrons. The number of hydrogen-bond donors (Lipinski definition) is 0. The molecule has 1 spiro atoms. The third-order valence-electron chi connectivity index (χ3n) is 5.16. The first-order chi connectivity index (χ1) is 11.0. The monoisotopic (exact) mass is 335 g/mol. The summed E-state index contributed by atoms with van der Waals surface area (Å²) in [6.07, 6.45) is 5.32. The zero-order chi connectivity index (χ0) is 16.4. The average molecular weight is 336 g/mol. The van der Waals surface area contributed by atoms with Gasteiger partial charge in [0.15, 0.2) is 0 Å². The van der Waals surface area contributed by atoms with E-state index in [1.807, 2.05) is 36.9 Å². The Hall–Kier alpha value is -1.06. The van der Waals surface area contributed by atoms with Gasteiger partial charge in [0.1, 0.15) is 11.6 Å². The van der Waals surface area contributed by atoms with Crippen LogP contribution < -0.4 is 0 Å². The molecule has 0 N–H and O–H groups in total. The Labute approximate surface area is 144 Å². The SMILES string of the molecule is CC(C)OC1N(Cc2ccccc2)C(=O)C(Cl)C12CCCCC2. The average Bonchev–Trinajstić information content (AvgIpc) is 2.73. The summed E-state index contributed by atoms with van der Waals surface area (Å²) in [5.74, 6) is 0.0306. The third kappa shape index (κ3) is 3.14. The van der Waals surface area contributed by atoms with Gasteiger partial charge in [0.05, 0.1) is 6.10 Å². The Kier molecular flexibility index (Phi) is 4.98.